The molecule has 0 aromatic carbocycles. The Kier molecular flexibility index (Phi) is 13.7. The van der Waals surface area contributed by atoms with Crippen LogP contribution in [0.4, 0.5) is 0 Å². The van der Waals surface area contributed by atoms with E-state index >= 15 is 0 Å². The third-order valence-corrected chi connectivity index (χ3v) is 4.85. The van der Waals surface area contributed by atoms with Gasteiger partial charge in [0.05, 0.1) is 6.04 Å². The van der Waals surface area contributed by atoms with E-state index in [2.05, 4.69) is 16.0 Å². The fraction of sp³-hybridized carbons (Fsp3) is 0.800. The topological polar surface area (TPSA) is 177 Å². The average Bonchev–Trinajstić information content (AvgIpc) is 2.68. The van der Waals surface area contributed by atoms with Gasteiger partial charge >= 0.3 is 5.97 Å². The third kappa shape index (κ3) is 11.1. The molecule has 0 saturated carbocycles. The van der Waals surface area contributed by atoms with Gasteiger partial charge in [-0.3, -0.25) is 19.2 Å². The Balaban J connectivity index is 5.21. The van der Waals surface area contributed by atoms with Crippen molar-refractivity contribution in [2.75, 3.05) is 13.1 Å². The predicted octanol–water partition coefficient (Wildman–Crippen LogP) is -0.295. The van der Waals surface area contributed by atoms with E-state index in [0.717, 1.165) is 6.42 Å². The number of carboxylic acid groups (broad SMARTS) is 1. The Labute approximate surface area is 178 Å². The summed E-state index contributed by atoms with van der Waals surface area (Å²) in [6.07, 6.45) is 2.90. The minimum atomic E-state index is -1.17. The Bertz CT molecular complexity index is 570. The first-order valence-corrected chi connectivity index (χ1v) is 10.6. The zero-order chi connectivity index (χ0) is 23.3. The monoisotopic (exact) mass is 429 g/mol. The van der Waals surface area contributed by atoms with Crippen molar-refractivity contribution in [3.63, 3.8) is 0 Å². The Morgan fingerprint density at radius 1 is 0.967 bits per heavy atom. The van der Waals surface area contributed by atoms with Crippen molar-refractivity contribution in [3.05, 3.63) is 0 Å². The van der Waals surface area contributed by atoms with Gasteiger partial charge in [0.1, 0.15) is 18.6 Å². The first-order valence-electron chi connectivity index (χ1n) is 10.6. The van der Waals surface area contributed by atoms with Gasteiger partial charge in [-0.05, 0) is 37.6 Å². The van der Waals surface area contributed by atoms with E-state index in [9.17, 15) is 19.2 Å². The number of rotatable bonds is 15. The first-order chi connectivity index (χ1) is 14.0. The molecule has 0 aliphatic carbocycles. The van der Waals surface area contributed by atoms with E-state index < -0.39 is 48.4 Å². The van der Waals surface area contributed by atoms with Crippen molar-refractivity contribution < 1.29 is 24.3 Å². The molecule has 0 aromatic heterocycles. The summed E-state index contributed by atoms with van der Waals surface area (Å²) in [5.74, 6) is -2.78. The number of unbranched alkanes of at least 4 members (excludes halogenated alkanes) is 1. The van der Waals surface area contributed by atoms with Crippen LogP contribution in [0.5, 0.6) is 0 Å². The summed E-state index contributed by atoms with van der Waals surface area (Å²) in [6.45, 7) is 7.48. The molecule has 0 heterocycles. The zero-order valence-electron chi connectivity index (χ0n) is 18.6. The van der Waals surface area contributed by atoms with Gasteiger partial charge in [-0.2, -0.15) is 0 Å². The van der Waals surface area contributed by atoms with Gasteiger partial charge in [-0.25, -0.2) is 0 Å². The molecule has 0 bridgehead atoms. The molecule has 10 heteroatoms. The van der Waals surface area contributed by atoms with E-state index in [0.29, 0.717) is 32.2 Å². The molecule has 174 valence electrons. The molecule has 0 saturated heterocycles. The highest BCUT2D eigenvalue weighted by Crippen LogP contribution is 2.11. The number of aliphatic carboxylic acids is 1. The maximum Gasteiger partial charge on any atom is 0.322 e. The summed E-state index contributed by atoms with van der Waals surface area (Å²) in [6, 6.07) is -2.51. The van der Waals surface area contributed by atoms with E-state index in [4.69, 9.17) is 16.6 Å². The van der Waals surface area contributed by atoms with Crippen LogP contribution < -0.4 is 27.4 Å². The molecule has 0 radical (unpaired) electrons. The minimum absolute atomic E-state index is 0.0819. The van der Waals surface area contributed by atoms with Crippen molar-refractivity contribution in [1.29, 1.82) is 0 Å². The average molecular weight is 430 g/mol. The summed E-state index contributed by atoms with van der Waals surface area (Å²) in [5.41, 5.74) is 11.4. The number of nitrogens with one attached hydrogen (secondary N) is 3. The van der Waals surface area contributed by atoms with Crippen LogP contribution in [0.1, 0.15) is 59.8 Å². The summed E-state index contributed by atoms with van der Waals surface area (Å²) < 4.78 is 0. The number of carboxylic acids is 1. The molecule has 8 N–H and O–H groups in total. The standard InChI is InChI=1S/C20H39N5O5/c1-5-13(4)17(25-18(28)14(22)8-6-7-9-21)20(30)24-15(10-12(2)3)19(29)23-11-16(26)27/h12-15,17H,5-11,21-22H2,1-4H3,(H,23,29)(H,24,30)(H,25,28)(H,26,27). The SMILES string of the molecule is CCC(C)C(NC(=O)C(N)CCCCN)C(=O)NC(CC(C)C)C(=O)NCC(=O)O. The fourth-order valence-electron chi connectivity index (χ4n) is 2.85. The van der Waals surface area contributed by atoms with E-state index in [-0.39, 0.29) is 11.8 Å². The molecule has 0 aliphatic rings. The maximum absolute atomic E-state index is 12.9. The summed E-state index contributed by atoms with van der Waals surface area (Å²) in [4.78, 5) is 48.4. The van der Waals surface area contributed by atoms with Crippen LogP contribution in [0.3, 0.4) is 0 Å². The van der Waals surface area contributed by atoms with Crippen molar-refractivity contribution >= 4 is 23.7 Å². The van der Waals surface area contributed by atoms with Gasteiger partial charge < -0.3 is 32.5 Å². The second-order valence-electron chi connectivity index (χ2n) is 8.07. The minimum Gasteiger partial charge on any atom is -0.480 e. The van der Waals surface area contributed by atoms with Crippen LogP contribution in [-0.4, -0.2) is 60.0 Å². The third-order valence-electron chi connectivity index (χ3n) is 4.85. The van der Waals surface area contributed by atoms with Crippen LogP contribution in [0.15, 0.2) is 0 Å². The highest BCUT2D eigenvalue weighted by Gasteiger charge is 2.31. The first kappa shape index (κ1) is 27.8. The smallest absolute Gasteiger partial charge is 0.322 e. The second-order valence-corrected chi connectivity index (χ2v) is 8.07. The predicted molar refractivity (Wildman–Crippen MR) is 114 cm³/mol. The number of hydrogen-bond donors (Lipinski definition) is 6. The number of carbonyl (C=O) groups is 4. The second kappa shape index (κ2) is 14.7. The number of carbonyl (C=O) groups excluding carboxylic acids is 3. The molecule has 0 aromatic rings. The maximum atomic E-state index is 12.9. The lowest BCUT2D eigenvalue weighted by Crippen LogP contribution is -2.58. The lowest BCUT2D eigenvalue weighted by atomic mass is 9.96. The molecule has 4 atom stereocenters. The molecule has 0 spiro atoms. The molecular weight excluding hydrogens is 390 g/mol. The van der Waals surface area contributed by atoms with Gasteiger partial charge in [0.25, 0.3) is 0 Å². The van der Waals surface area contributed by atoms with Crippen LogP contribution in [0, 0.1) is 11.8 Å². The highest BCUT2D eigenvalue weighted by molar-refractivity contribution is 5.93. The summed E-state index contributed by atoms with van der Waals surface area (Å²) >= 11 is 0. The van der Waals surface area contributed by atoms with Gasteiger partial charge in [-0.15, -0.1) is 0 Å². The van der Waals surface area contributed by atoms with Crippen molar-refractivity contribution in [3.8, 4) is 0 Å². The lowest BCUT2D eigenvalue weighted by Gasteiger charge is -2.28. The van der Waals surface area contributed by atoms with Crippen LogP contribution in [0.2, 0.25) is 0 Å². The fourth-order valence-corrected chi connectivity index (χ4v) is 2.85. The van der Waals surface area contributed by atoms with Crippen LogP contribution >= 0.6 is 0 Å². The quantitative estimate of drug-likeness (QED) is 0.194. The Morgan fingerprint density at radius 3 is 2.10 bits per heavy atom. The van der Waals surface area contributed by atoms with Crippen molar-refractivity contribution in [2.45, 2.75) is 77.9 Å². The highest BCUT2D eigenvalue weighted by atomic mass is 16.4. The number of amides is 3. The molecule has 0 aliphatic heterocycles. The van der Waals surface area contributed by atoms with Crippen molar-refractivity contribution in [2.24, 2.45) is 23.3 Å². The normalized spacial score (nSPS) is 15.0. The van der Waals surface area contributed by atoms with Crippen LogP contribution in [0.25, 0.3) is 0 Å². The summed E-state index contributed by atoms with van der Waals surface area (Å²) in [7, 11) is 0. The lowest BCUT2D eigenvalue weighted by molar-refractivity contribution is -0.138. The van der Waals surface area contributed by atoms with Crippen LogP contribution in [-0.2, 0) is 19.2 Å². The molecule has 30 heavy (non-hydrogen) atoms. The number of hydrogen-bond acceptors (Lipinski definition) is 6. The Hall–Kier alpha value is -2.20. The number of nitrogens with two attached hydrogens (primary N) is 2. The Morgan fingerprint density at radius 2 is 1.60 bits per heavy atom. The van der Waals surface area contributed by atoms with Gasteiger partial charge in [0, 0.05) is 0 Å². The molecular formula is C20H39N5O5. The van der Waals surface area contributed by atoms with Gasteiger partial charge in [0.2, 0.25) is 17.7 Å². The van der Waals surface area contributed by atoms with Gasteiger partial charge in [0.15, 0.2) is 0 Å². The summed E-state index contributed by atoms with van der Waals surface area (Å²) in [5, 5.41) is 16.4. The molecule has 3 amide bonds. The molecule has 0 fully saturated rings. The van der Waals surface area contributed by atoms with Gasteiger partial charge in [-0.1, -0.05) is 40.5 Å². The van der Waals surface area contributed by atoms with E-state index in [1.807, 2.05) is 27.7 Å². The molecule has 10 nitrogen and oxygen atoms in total. The molecule has 4 unspecified atom stereocenters. The zero-order valence-corrected chi connectivity index (χ0v) is 18.6. The largest absolute Gasteiger partial charge is 0.480 e. The van der Waals surface area contributed by atoms with E-state index in [1.165, 1.54) is 0 Å². The molecule has 0 rings (SSSR count). The van der Waals surface area contributed by atoms with Crippen molar-refractivity contribution in [1.82, 2.24) is 16.0 Å². The van der Waals surface area contributed by atoms with E-state index in [1.54, 1.807) is 0 Å².